The first-order valence-electron chi connectivity index (χ1n) is 8.54. The van der Waals surface area contributed by atoms with Gasteiger partial charge in [-0.25, -0.2) is 4.98 Å². The molecule has 0 aliphatic carbocycles. The Labute approximate surface area is 157 Å². The van der Waals surface area contributed by atoms with E-state index in [-0.39, 0.29) is 11.9 Å². The minimum absolute atomic E-state index is 0.0818. The van der Waals surface area contributed by atoms with Gasteiger partial charge in [0.1, 0.15) is 17.6 Å². The molecule has 0 saturated carbocycles. The van der Waals surface area contributed by atoms with Gasteiger partial charge in [0.05, 0.1) is 12.0 Å². The van der Waals surface area contributed by atoms with Gasteiger partial charge in [0, 0.05) is 24.3 Å². The Morgan fingerprint density at radius 3 is 2.62 bits per heavy atom. The number of amides is 1. The molecule has 3 rings (SSSR count). The van der Waals surface area contributed by atoms with Crippen LogP contribution in [0.5, 0.6) is 5.75 Å². The van der Waals surface area contributed by atoms with Crippen molar-refractivity contribution in [2.24, 2.45) is 7.05 Å². The van der Waals surface area contributed by atoms with Crippen LogP contribution in [0.25, 0.3) is 0 Å². The summed E-state index contributed by atoms with van der Waals surface area (Å²) in [6.07, 6.45) is 4.54. The van der Waals surface area contributed by atoms with Crippen molar-refractivity contribution >= 4 is 17.2 Å². The number of imidazole rings is 1. The zero-order valence-electron chi connectivity index (χ0n) is 15.4. The fourth-order valence-corrected chi connectivity index (χ4v) is 3.95. The van der Waals surface area contributed by atoms with Gasteiger partial charge in [-0.1, -0.05) is 19.1 Å². The summed E-state index contributed by atoms with van der Waals surface area (Å²) in [7, 11) is 3.56. The zero-order valence-corrected chi connectivity index (χ0v) is 16.3. The average Bonchev–Trinajstić information content (AvgIpc) is 3.25. The Morgan fingerprint density at radius 1 is 1.35 bits per heavy atom. The van der Waals surface area contributed by atoms with E-state index in [2.05, 4.69) is 24.1 Å². The first kappa shape index (κ1) is 18.2. The zero-order chi connectivity index (χ0) is 18.7. The third-order valence-corrected chi connectivity index (χ3v) is 5.56. The molecule has 2 aromatic heterocycles. The van der Waals surface area contributed by atoms with E-state index in [0.717, 1.165) is 28.4 Å². The highest BCUT2D eigenvalue weighted by atomic mass is 32.1. The van der Waals surface area contributed by atoms with Crippen LogP contribution in [-0.2, 0) is 13.5 Å². The molecule has 1 atom stereocenters. The maximum atomic E-state index is 12.9. The highest BCUT2D eigenvalue weighted by Gasteiger charge is 2.22. The highest BCUT2D eigenvalue weighted by molar-refractivity contribution is 7.14. The van der Waals surface area contributed by atoms with Crippen LogP contribution in [-0.4, -0.2) is 22.6 Å². The molecule has 0 radical (unpaired) electrons. The Hall–Kier alpha value is -2.60. The lowest BCUT2D eigenvalue weighted by Gasteiger charge is -2.19. The monoisotopic (exact) mass is 369 g/mol. The van der Waals surface area contributed by atoms with Crippen molar-refractivity contribution in [3.05, 3.63) is 69.4 Å². The fraction of sp³-hybridized carbons (Fsp3) is 0.300. The van der Waals surface area contributed by atoms with Crippen molar-refractivity contribution < 1.29 is 9.53 Å². The second-order valence-electron chi connectivity index (χ2n) is 6.12. The van der Waals surface area contributed by atoms with Crippen LogP contribution >= 0.6 is 11.3 Å². The third kappa shape index (κ3) is 3.65. The van der Waals surface area contributed by atoms with Gasteiger partial charge < -0.3 is 14.6 Å². The summed E-state index contributed by atoms with van der Waals surface area (Å²) in [5.41, 5.74) is 2.18. The van der Waals surface area contributed by atoms with Crippen molar-refractivity contribution in [3.8, 4) is 5.75 Å². The van der Waals surface area contributed by atoms with Gasteiger partial charge in [-0.15, -0.1) is 11.3 Å². The molecule has 0 aliphatic heterocycles. The Morgan fingerprint density at radius 2 is 2.08 bits per heavy atom. The summed E-state index contributed by atoms with van der Waals surface area (Å²) in [5, 5.41) is 3.14. The number of carbonyl (C=O) groups excluding carboxylic acids is 1. The van der Waals surface area contributed by atoms with E-state index in [1.54, 1.807) is 13.3 Å². The molecule has 2 heterocycles. The number of methoxy groups -OCH3 is 1. The topological polar surface area (TPSA) is 56.1 Å². The predicted octanol–water partition coefficient (Wildman–Crippen LogP) is 3.88. The van der Waals surface area contributed by atoms with Crippen LogP contribution < -0.4 is 10.1 Å². The molecule has 0 spiro atoms. The van der Waals surface area contributed by atoms with Crippen LogP contribution in [0.15, 0.2) is 42.7 Å². The minimum atomic E-state index is -0.333. The van der Waals surface area contributed by atoms with Gasteiger partial charge in [-0.3, -0.25) is 4.79 Å². The Bertz CT molecular complexity index is 896. The Kier molecular flexibility index (Phi) is 5.42. The van der Waals surface area contributed by atoms with Gasteiger partial charge in [0.15, 0.2) is 0 Å². The molecule has 136 valence electrons. The van der Waals surface area contributed by atoms with E-state index in [9.17, 15) is 4.79 Å². The molecular formula is C20H23N3O2S. The summed E-state index contributed by atoms with van der Waals surface area (Å²) in [6, 6.07) is 9.34. The first-order chi connectivity index (χ1) is 12.5. The standard InChI is InChI=1S/C20H23N3O2S/c1-5-14-12-17(26-13(14)2)20(24)22-18(19-21-10-11-23(19)3)15-6-8-16(25-4)9-7-15/h6-12,18H,5H2,1-4H3,(H,22,24). The number of ether oxygens (including phenoxy) is 1. The second-order valence-corrected chi connectivity index (χ2v) is 7.38. The summed E-state index contributed by atoms with van der Waals surface area (Å²) < 4.78 is 7.16. The van der Waals surface area contributed by atoms with E-state index in [0.29, 0.717) is 0 Å². The molecule has 1 amide bonds. The molecule has 0 aliphatic rings. The van der Waals surface area contributed by atoms with Crippen molar-refractivity contribution in [2.75, 3.05) is 7.11 Å². The number of aromatic nitrogens is 2. The second kappa shape index (κ2) is 7.74. The number of hydrogen-bond acceptors (Lipinski definition) is 4. The van der Waals surface area contributed by atoms with Gasteiger partial charge in [0.2, 0.25) is 0 Å². The lowest BCUT2D eigenvalue weighted by molar-refractivity contribution is 0.0945. The number of nitrogens with one attached hydrogen (secondary N) is 1. The van der Waals surface area contributed by atoms with Crippen LogP contribution in [0, 0.1) is 6.92 Å². The summed E-state index contributed by atoms with van der Waals surface area (Å²) in [6.45, 7) is 4.16. The van der Waals surface area contributed by atoms with Crippen molar-refractivity contribution in [3.63, 3.8) is 0 Å². The number of hydrogen-bond donors (Lipinski definition) is 1. The van der Waals surface area contributed by atoms with Crippen molar-refractivity contribution in [1.29, 1.82) is 0 Å². The van der Waals surface area contributed by atoms with Gasteiger partial charge in [-0.2, -0.15) is 0 Å². The lowest BCUT2D eigenvalue weighted by Crippen LogP contribution is -2.30. The molecule has 6 heteroatoms. The van der Waals surface area contributed by atoms with E-state index in [1.165, 1.54) is 21.8 Å². The molecule has 1 unspecified atom stereocenters. The van der Waals surface area contributed by atoms with Gasteiger partial charge >= 0.3 is 0 Å². The van der Waals surface area contributed by atoms with Gasteiger partial charge in [-0.05, 0) is 42.7 Å². The lowest BCUT2D eigenvalue weighted by atomic mass is 10.1. The average molecular weight is 369 g/mol. The van der Waals surface area contributed by atoms with Crippen LogP contribution in [0.3, 0.4) is 0 Å². The summed E-state index contributed by atoms with van der Waals surface area (Å²) in [4.78, 5) is 19.2. The number of carbonyl (C=O) groups is 1. The maximum absolute atomic E-state index is 12.9. The quantitative estimate of drug-likeness (QED) is 0.717. The van der Waals surface area contributed by atoms with E-state index in [4.69, 9.17) is 4.74 Å². The molecular weight excluding hydrogens is 346 g/mol. The largest absolute Gasteiger partial charge is 0.497 e. The van der Waals surface area contributed by atoms with Crippen LogP contribution in [0.1, 0.15) is 44.5 Å². The van der Waals surface area contributed by atoms with E-state index < -0.39 is 0 Å². The molecule has 0 bridgehead atoms. The summed E-state index contributed by atoms with van der Waals surface area (Å²) in [5.74, 6) is 1.48. The normalized spacial score (nSPS) is 12.0. The SMILES string of the molecule is CCc1cc(C(=O)NC(c2ccc(OC)cc2)c2nccn2C)sc1C. The van der Waals surface area contributed by atoms with Crippen molar-refractivity contribution in [2.45, 2.75) is 26.3 Å². The Balaban J connectivity index is 1.92. The maximum Gasteiger partial charge on any atom is 0.262 e. The number of aryl methyl sites for hydroxylation is 3. The first-order valence-corrected chi connectivity index (χ1v) is 9.36. The minimum Gasteiger partial charge on any atom is -0.497 e. The van der Waals surface area contributed by atoms with E-state index >= 15 is 0 Å². The summed E-state index contributed by atoms with van der Waals surface area (Å²) >= 11 is 1.53. The molecule has 0 fully saturated rings. The number of thiophene rings is 1. The highest BCUT2D eigenvalue weighted by Crippen LogP contribution is 2.26. The van der Waals surface area contributed by atoms with Crippen LogP contribution in [0.4, 0.5) is 0 Å². The van der Waals surface area contributed by atoms with Crippen LogP contribution in [0.2, 0.25) is 0 Å². The number of benzene rings is 1. The molecule has 1 N–H and O–H groups in total. The fourth-order valence-electron chi connectivity index (χ4n) is 2.93. The number of nitrogens with zero attached hydrogens (tertiary/aromatic N) is 2. The number of rotatable bonds is 6. The van der Waals surface area contributed by atoms with Crippen molar-refractivity contribution in [1.82, 2.24) is 14.9 Å². The predicted molar refractivity (Wildman–Crippen MR) is 104 cm³/mol. The smallest absolute Gasteiger partial charge is 0.262 e. The molecule has 3 aromatic rings. The molecule has 5 nitrogen and oxygen atoms in total. The molecule has 26 heavy (non-hydrogen) atoms. The molecule has 1 aromatic carbocycles. The van der Waals surface area contributed by atoms with Gasteiger partial charge in [0.25, 0.3) is 5.91 Å². The molecule has 0 saturated heterocycles. The third-order valence-electron chi connectivity index (χ3n) is 4.47. The van der Waals surface area contributed by atoms with E-state index in [1.807, 2.05) is 48.1 Å².